The summed E-state index contributed by atoms with van der Waals surface area (Å²) in [6.07, 6.45) is -3.92. The summed E-state index contributed by atoms with van der Waals surface area (Å²) >= 11 is 1.29. The Balaban J connectivity index is 2.59. The Kier molecular flexibility index (Phi) is 2.90. The van der Waals surface area contributed by atoms with Gasteiger partial charge in [-0.25, -0.2) is 0 Å². The van der Waals surface area contributed by atoms with Crippen LogP contribution in [0.25, 0.3) is 10.1 Å². The molecule has 86 valence electrons. The molecule has 1 aromatic heterocycles. The molecule has 0 radical (unpaired) electrons. The number of thiophene rings is 1. The summed E-state index contributed by atoms with van der Waals surface area (Å²) in [5, 5.41) is 8.98. The minimum Gasteiger partial charge on any atom is -0.396 e. The van der Waals surface area contributed by atoms with Crippen molar-refractivity contribution in [1.29, 1.82) is 0 Å². The molecule has 0 spiro atoms. The summed E-state index contributed by atoms with van der Waals surface area (Å²) in [6, 6.07) is 5.66. The summed E-state index contributed by atoms with van der Waals surface area (Å²) < 4.78 is 38.6. The highest BCUT2D eigenvalue weighted by molar-refractivity contribution is 7.19. The smallest absolute Gasteiger partial charge is 0.396 e. The average molecular weight is 246 g/mol. The molecule has 0 saturated heterocycles. The lowest BCUT2D eigenvalue weighted by Crippen LogP contribution is -2.04. The second-order valence-electron chi connectivity index (χ2n) is 3.40. The van der Waals surface area contributed by atoms with Crippen molar-refractivity contribution in [2.45, 2.75) is 12.6 Å². The third kappa shape index (κ3) is 2.05. The van der Waals surface area contributed by atoms with Gasteiger partial charge in [0.05, 0.1) is 5.56 Å². The number of halogens is 3. The van der Waals surface area contributed by atoms with E-state index in [4.69, 9.17) is 5.11 Å². The molecule has 1 aromatic carbocycles. The molecule has 5 heteroatoms. The lowest BCUT2D eigenvalue weighted by atomic mass is 10.1. The van der Waals surface area contributed by atoms with E-state index in [9.17, 15) is 13.2 Å². The SMILES string of the molecule is OCCc1cc2c(C(F)(F)F)cccc2s1. The van der Waals surface area contributed by atoms with Crippen molar-refractivity contribution in [3.8, 4) is 0 Å². The summed E-state index contributed by atoms with van der Waals surface area (Å²) in [7, 11) is 0. The summed E-state index contributed by atoms with van der Waals surface area (Å²) in [6.45, 7) is -0.0474. The van der Waals surface area contributed by atoms with Gasteiger partial charge < -0.3 is 5.11 Å². The lowest BCUT2D eigenvalue weighted by molar-refractivity contribution is -0.136. The number of aliphatic hydroxyl groups excluding tert-OH is 1. The number of hydrogen-bond acceptors (Lipinski definition) is 2. The molecule has 16 heavy (non-hydrogen) atoms. The molecule has 0 amide bonds. The second-order valence-corrected chi connectivity index (χ2v) is 4.57. The van der Waals surface area contributed by atoms with E-state index in [-0.39, 0.29) is 12.0 Å². The molecule has 0 unspecified atom stereocenters. The third-order valence-electron chi connectivity index (χ3n) is 2.28. The Labute approximate surface area is 94.1 Å². The van der Waals surface area contributed by atoms with E-state index >= 15 is 0 Å². The van der Waals surface area contributed by atoms with Crippen molar-refractivity contribution >= 4 is 21.4 Å². The first kappa shape index (κ1) is 11.4. The molecule has 0 bridgehead atoms. The largest absolute Gasteiger partial charge is 0.417 e. The Morgan fingerprint density at radius 3 is 2.62 bits per heavy atom. The minimum atomic E-state index is -4.32. The van der Waals surface area contributed by atoms with Crippen molar-refractivity contribution in [2.75, 3.05) is 6.61 Å². The predicted molar refractivity (Wildman–Crippen MR) is 57.6 cm³/mol. The monoisotopic (exact) mass is 246 g/mol. The summed E-state index contributed by atoms with van der Waals surface area (Å²) in [4.78, 5) is 0.772. The van der Waals surface area contributed by atoms with E-state index in [1.54, 1.807) is 6.07 Å². The zero-order valence-corrected chi connectivity index (χ0v) is 9.03. The predicted octanol–water partition coefficient (Wildman–Crippen LogP) is 3.45. The third-order valence-corrected chi connectivity index (χ3v) is 3.44. The van der Waals surface area contributed by atoms with Crippen LogP contribution in [0.15, 0.2) is 24.3 Å². The van der Waals surface area contributed by atoms with Gasteiger partial charge in [-0.3, -0.25) is 0 Å². The maximum absolute atomic E-state index is 12.7. The van der Waals surface area contributed by atoms with Gasteiger partial charge in [0.2, 0.25) is 0 Å². The van der Waals surface area contributed by atoms with E-state index in [1.165, 1.54) is 23.5 Å². The van der Waals surface area contributed by atoms with E-state index < -0.39 is 11.7 Å². The molecular formula is C11H9F3OS. The molecule has 0 fully saturated rings. The molecule has 0 aliphatic carbocycles. The average Bonchev–Trinajstić information content (AvgIpc) is 2.58. The maximum atomic E-state index is 12.7. The number of alkyl halides is 3. The first-order chi connectivity index (χ1) is 7.52. The lowest BCUT2D eigenvalue weighted by Gasteiger charge is -2.06. The Bertz CT molecular complexity index is 501. The summed E-state index contributed by atoms with van der Waals surface area (Å²) in [5.74, 6) is 0. The molecule has 0 aliphatic heterocycles. The first-order valence-corrected chi connectivity index (χ1v) is 5.53. The molecule has 0 aliphatic rings. The van der Waals surface area contributed by atoms with E-state index in [0.717, 1.165) is 10.9 Å². The van der Waals surface area contributed by atoms with Crippen LogP contribution in [-0.2, 0) is 12.6 Å². The van der Waals surface area contributed by atoms with Gasteiger partial charge in [-0.05, 0) is 18.2 Å². The molecule has 0 atom stereocenters. The van der Waals surface area contributed by atoms with Gasteiger partial charge in [0.15, 0.2) is 0 Å². The van der Waals surface area contributed by atoms with Crippen LogP contribution >= 0.6 is 11.3 Å². The Hall–Kier alpha value is -1.07. The highest BCUT2D eigenvalue weighted by Gasteiger charge is 2.32. The van der Waals surface area contributed by atoms with Crippen LogP contribution < -0.4 is 0 Å². The van der Waals surface area contributed by atoms with Crippen molar-refractivity contribution in [3.63, 3.8) is 0 Å². The number of benzene rings is 1. The second kappa shape index (κ2) is 4.07. The zero-order chi connectivity index (χ0) is 11.8. The molecule has 2 rings (SSSR count). The van der Waals surface area contributed by atoms with Crippen molar-refractivity contribution < 1.29 is 18.3 Å². The van der Waals surface area contributed by atoms with Crippen LogP contribution in [0.5, 0.6) is 0 Å². The number of rotatable bonds is 2. The van der Waals surface area contributed by atoms with Crippen LogP contribution in [0.4, 0.5) is 13.2 Å². The molecule has 1 nitrogen and oxygen atoms in total. The standard InChI is InChI=1S/C11H9F3OS/c12-11(13,14)9-2-1-3-10-8(9)6-7(16-10)4-5-15/h1-3,6,15H,4-5H2. The van der Waals surface area contributed by atoms with Gasteiger partial charge in [-0.1, -0.05) is 6.07 Å². The van der Waals surface area contributed by atoms with Crippen LogP contribution in [0, 0.1) is 0 Å². The summed E-state index contributed by atoms with van der Waals surface area (Å²) in [5.41, 5.74) is -0.606. The molecule has 2 aromatic rings. The Morgan fingerprint density at radius 2 is 2.00 bits per heavy atom. The van der Waals surface area contributed by atoms with E-state index in [2.05, 4.69) is 0 Å². The van der Waals surface area contributed by atoms with Gasteiger partial charge in [0, 0.05) is 28.0 Å². The van der Waals surface area contributed by atoms with Gasteiger partial charge in [0.1, 0.15) is 0 Å². The fourth-order valence-electron chi connectivity index (χ4n) is 1.59. The first-order valence-electron chi connectivity index (χ1n) is 4.72. The normalized spacial score (nSPS) is 12.2. The Morgan fingerprint density at radius 1 is 1.25 bits per heavy atom. The van der Waals surface area contributed by atoms with Gasteiger partial charge >= 0.3 is 6.18 Å². The molecule has 1 N–H and O–H groups in total. The van der Waals surface area contributed by atoms with Crippen LogP contribution in [0.2, 0.25) is 0 Å². The number of fused-ring (bicyclic) bond motifs is 1. The van der Waals surface area contributed by atoms with Crippen molar-refractivity contribution in [3.05, 3.63) is 34.7 Å². The van der Waals surface area contributed by atoms with Gasteiger partial charge in [-0.15, -0.1) is 11.3 Å². The molecule has 1 heterocycles. The maximum Gasteiger partial charge on any atom is 0.417 e. The van der Waals surface area contributed by atoms with Crippen LogP contribution in [0.1, 0.15) is 10.4 Å². The number of aliphatic hydroxyl groups is 1. The van der Waals surface area contributed by atoms with E-state index in [0.29, 0.717) is 11.1 Å². The molecular weight excluding hydrogens is 237 g/mol. The minimum absolute atomic E-state index is 0.0474. The fraction of sp³-hybridized carbons (Fsp3) is 0.273. The van der Waals surface area contributed by atoms with Crippen molar-refractivity contribution in [2.24, 2.45) is 0 Å². The van der Waals surface area contributed by atoms with Crippen LogP contribution in [0.3, 0.4) is 0 Å². The highest BCUT2D eigenvalue weighted by Crippen LogP contribution is 2.37. The van der Waals surface area contributed by atoms with Gasteiger partial charge in [0.25, 0.3) is 0 Å². The molecule has 0 saturated carbocycles. The van der Waals surface area contributed by atoms with Crippen LogP contribution in [-0.4, -0.2) is 11.7 Å². The quantitative estimate of drug-likeness (QED) is 0.860. The van der Waals surface area contributed by atoms with Gasteiger partial charge in [-0.2, -0.15) is 13.2 Å². The van der Waals surface area contributed by atoms with Crippen molar-refractivity contribution in [1.82, 2.24) is 0 Å². The van der Waals surface area contributed by atoms with E-state index in [1.807, 2.05) is 0 Å². The highest BCUT2D eigenvalue weighted by atomic mass is 32.1. The number of hydrogen-bond donors (Lipinski definition) is 1. The zero-order valence-electron chi connectivity index (χ0n) is 8.21. The fourth-order valence-corrected chi connectivity index (χ4v) is 2.67. The topological polar surface area (TPSA) is 20.2 Å².